The Kier molecular flexibility index (Phi) is 10.1. The maximum Gasteiger partial charge on any atom is 0.251 e. The van der Waals surface area contributed by atoms with Gasteiger partial charge in [0.2, 0.25) is 5.91 Å². The second-order valence-electron chi connectivity index (χ2n) is 13.7. The number of benzene rings is 3. The minimum Gasteiger partial charge on any atom is -0.493 e. The molecular weight excluding hydrogens is 558 g/mol. The van der Waals surface area contributed by atoms with E-state index in [9.17, 15) is 9.59 Å². The van der Waals surface area contributed by atoms with Gasteiger partial charge in [-0.15, -0.1) is 0 Å². The fourth-order valence-electron chi connectivity index (χ4n) is 6.63. The number of ether oxygens (including phenoxy) is 1. The summed E-state index contributed by atoms with van der Waals surface area (Å²) >= 11 is 0. The highest BCUT2D eigenvalue weighted by Gasteiger charge is 2.39. The average molecular weight is 608 g/mol. The number of amides is 2. The summed E-state index contributed by atoms with van der Waals surface area (Å²) in [6.45, 7) is 12.9. The molecule has 0 aliphatic carbocycles. The molecule has 2 aliphatic rings. The van der Waals surface area contributed by atoms with Crippen LogP contribution in [0.5, 0.6) is 5.75 Å². The molecule has 0 unspecified atom stereocenters. The van der Waals surface area contributed by atoms with Crippen LogP contribution in [-0.4, -0.2) is 67.0 Å². The van der Waals surface area contributed by atoms with Crippen LogP contribution in [0, 0.1) is 6.92 Å². The lowest BCUT2D eigenvalue weighted by atomic mass is 9.82. The Morgan fingerprint density at radius 3 is 2.33 bits per heavy atom. The lowest BCUT2D eigenvalue weighted by Crippen LogP contribution is -2.61. The molecule has 0 aromatic heterocycles. The summed E-state index contributed by atoms with van der Waals surface area (Å²) in [4.78, 5) is 30.1. The number of aryl methyl sites for hydroxylation is 2. The fourth-order valence-corrected chi connectivity index (χ4v) is 6.63. The summed E-state index contributed by atoms with van der Waals surface area (Å²) in [5, 5.41) is 3.66. The Morgan fingerprint density at radius 1 is 0.933 bits per heavy atom. The Morgan fingerprint density at radius 2 is 1.64 bits per heavy atom. The second-order valence-corrected chi connectivity index (χ2v) is 13.7. The SMILES string of the molecule is CC(=O)N1C[C@H]2CC(c3ccc(CCCOc4c(C)cccc4C(C)(C)C)cc3)=C(C(=O)N(C)CCc3ccccc3)[C@@H](C1)N2. The van der Waals surface area contributed by atoms with Crippen molar-refractivity contribution in [2.45, 2.75) is 77.8 Å². The molecule has 1 N–H and O–H groups in total. The molecule has 6 nitrogen and oxygen atoms in total. The van der Waals surface area contributed by atoms with E-state index in [4.69, 9.17) is 4.74 Å². The van der Waals surface area contributed by atoms with Gasteiger partial charge in [0.25, 0.3) is 5.91 Å². The summed E-state index contributed by atoms with van der Waals surface area (Å²) in [7, 11) is 1.89. The molecule has 6 heteroatoms. The van der Waals surface area contributed by atoms with Crippen molar-refractivity contribution in [1.29, 1.82) is 0 Å². The third-order valence-electron chi connectivity index (χ3n) is 9.18. The molecular formula is C39H49N3O3. The van der Waals surface area contributed by atoms with Gasteiger partial charge in [-0.25, -0.2) is 0 Å². The summed E-state index contributed by atoms with van der Waals surface area (Å²) in [6, 6.07) is 25.3. The lowest BCUT2D eigenvalue weighted by molar-refractivity contribution is -0.132. The highest BCUT2D eigenvalue weighted by Crippen LogP contribution is 2.35. The first kappa shape index (κ1) is 32.5. The Bertz CT molecular complexity index is 1520. The van der Waals surface area contributed by atoms with Crippen LogP contribution < -0.4 is 10.1 Å². The number of carbonyl (C=O) groups excluding carboxylic acids is 2. The molecule has 2 bridgehead atoms. The van der Waals surface area contributed by atoms with Crippen molar-refractivity contribution in [3.05, 3.63) is 106 Å². The minimum absolute atomic E-state index is 0.0281. The maximum absolute atomic E-state index is 14.1. The largest absolute Gasteiger partial charge is 0.493 e. The van der Waals surface area contributed by atoms with E-state index in [0.717, 1.165) is 41.7 Å². The third kappa shape index (κ3) is 7.85. The predicted octanol–water partition coefficient (Wildman–Crippen LogP) is 6.35. The molecule has 0 spiro atoms. The van der Waals surface area contributed by atoms with Gasteiger partial charge in [0.15, 0.2) is 0 Å². The van der Waals surface area contributed by atoms with Gasteiger partial charge in [-0.05, 0) is 71.4 Å². The number of likely N-dealkylation sites (N-methyl/N-ethyl adjacent to an activating group) is 1. The van der Waals surface area contributed by atoms with Crippen molar-refractivity contribution in [1.82, 2.24) is 15.1 Å². The van der Waals surface area contributed by atoms with Gasteiger partial charge in [-0.1, -0.05) is 93.6 Å². The van der Waals surface area contributed by atoms with Crippen LogP contribution in [0.4, 0.5) is 0 Å². The number of hydrogen-bond donors (Lipinski definition) is 1. The van der Waals surface area contributed by atoms with Crippen molar-refractivity contribution in [2.24, 2.45) is 0 Å². The summed E-state index contributed by atoms with van der Waals surface area (Å²) < 4.78 is 6.33. The van der Waals surface area contributed by atoms with E-state index in [1.165, 1.54) is 22.3 Å². The number of para-hydroxylation sites is 1. The molecule has 45 heavy (non-hydrogen) atoms. The van der Waals surface area contributed by atoms with Crippen molar-refractivity contribution < 1.29 is 14.3 Å². The van der Waals surface area contributed by atoms with Gasteiger partial charge in [0.1, 0.15) is 5.75 Å². The lowest BCUT2D eigenvalue weighted by Gasteiger charge is -2.44. The van der Waals surface area contributed by atoms with Crippen LogP contribution in [0.3, 0.4) is 0 Å². The van der Waals surface area contributed by atoms with E-state index in [0.29, 0.717) is 32.7 Å². The van der Waals surface area contributed by atoms with Gasteiger partial charge in [-0.2, -0.15) is 0 Å². The zero-order valence-corrected chi connectivity index (χ0v) is 27.9. The van der Waals surface area contributed by atoms with E-state index in [2.05, 4.69) is 87.6 Å². The first-order valence-electron chi connectivity index (χ1n) is 16.4. The van der Waals surface area contributed by atoms with Crippen LogP contribution in [0.15, 0.2) is 78.4 Å². The van der Waals surface area contributed by atoms with Gasteiger partial charge in [0.05, 0.1) is 12.6 Å². The number of nitrogens with zero attached hydrogens (tertiary/aromatic N) is 2. The van der Waals surface area contributed by atoms with E-state index in [-0.39, 0.29) is 29.3 Å². The van der Waals surface area contributed by atoms with Crippen molar-refractivity contribution in [3.63, 3.8) is 0 Å². The van der Waals surface area contributed by atoms with Crippen LogP contribution >= 0.6 is 0 Å². The molecule has 0 saturated carbocycles. The molecule has 1 fully saturated rings. The quantitative estimate of drug-likeness (QED) is 0.273. The smallest absolute Gasteiger partial charge is 0.251 e. The number of nitrogens with one attached hydrogen (secondary N) is 1. The standard InChI is InChI=1S/C39H49N3O3/c1-27-12-10-16-34(39(3,4)5)37(27)45-23-11-15-30-17-19-31(20-18-30)33-24-32-25-42(28(2)43)26-35(40-32)36(33)38(44)41(6)22-21-29-13-8-7-9-14-29/h7-10,12-14,16-20,32,35,40H,11,15,21-26H2,1-6H3/t32-,35-/m1/s1. The molecule has 3 aromatic carbocycles. The zero-order valence-electron chi connectivity index (χ0n) is 27.9. The molecule has 0 radical (unpaired) electrons. The van der Waals surface area contributed by atoms with Crippen molar-refractivity contribution >= 4 is 17.4 Å². The minimum atomic E-state index is -0.181. The molecule has 3 aromatic rings. The Hall–Kier alpha value is -3.90. The van der Waals surface area contributed by atoms with Crippen LogP contribution in [0.2, 0.25) is 0 Å². The van der Waals surface area contributed by atoms with Crippen LogP contribution in [-0.2, 0) is 27.8 Å². The number of piperazine rings is 1. The molecule has 2 aliphatic heterocycles. The highest BCUT2D eigenvalue weighted by molar-refractivity contribution is 6.03. The topological polar surface area (TPSA) is 61.9 Å². The van der Waals surface area contributed by atoms with Crippen molar-refractivity contribution in [2.75, 3.05) is 33.3 Å². The molecule has 5 rings (SSSR count). The van der Waals surface area contributed by atoms with Crippen molar-refractivity contribution in [3.8, 4) is 5.75 Å². The van der Waals surface area contributed by atoms with E-state index < -0.39 is 0 Å². The average Bonchev–Trinajstić information content (AvgIpc) is 3.02. The number of fused-ring (bicyclic) bond motifs is 2. The Balaban J connectivity index is 1.30. The molecule has 2 heterocycles. The molecule has 2 amide bonds. The predicted molar refractivity (Wildman–Crippen MR) is 182 cm³/mol. The third-order valence-corrected chi connectivity index (χ3v) is 9.18. The maximum atomic E-state index is 14.1. The van der Waals surface area contributed by atoms with Crippen LogP contribution in [0.25, 0.3) is 5.57 Å². The van der Waals surface area contributed by atoms with Gasteiger partial charge in [-0.3, -0.25) is 9.59 Å². The van der Waals surface area contributed by atoms with E-state index in [1.807, 2.05) is 35.0 Å². The zero-order chi connectivity index (χ0) is 32.1. The molecule has 238 valence electrons. The van der Waals surface area contributed by atoms with Gasteiger partial charge >= 0.3 is 0 Å². The van der Waals surface area contributed by atoms with E-state index >= 15 is 0 Å². The molecule has 1 saturated heterocycles. The number of carbonyl (C=O) groups is 2. The summed E-state index contributed by atoms with van der Waals surface area (Å²) in [5.41, 5.74) is 7.91. The Labute approximate surface area is 269 Å². The number of rotatable bonds is 10. The van der Waals surface area contributed by atoms with Gasteiger partial charge < -0.3 is 19.9 Å². The highest BCUT2D eigenvalue weighted by atomic mass is 16.5. The monoisotopic (exact) mass is 607 g/mol. The summed E-state index contributed by atoms with van der Waals surface area (Å²) in [5.74, 6) is 1.11. The van der Waals surface area contributed by atoms with E-state index in [1.54, 1.807) is 6.92 Å². The normalized spacial score (nSPS) is 18.1. The first-order chi connectivity index (χ1) is 21.5. The molecule has 2 atom stereocenters. The first-order valence-corrected chi connectivity index (χ1v) is 16.4. The second kappa shape index (κ2) is 14.0. The fraction of sp³-hybridized carbons (Fsp3) is 0.436. The van der Waals surface area contributed by atoms with Crippen LogP contribution in [0.1, 0.15) is 68.4 Å². The van der Waals surface area contributed by atoms with Gasteiger partial charge in [0, 0.05) is 45.2 Å². The number of hydrogen-bond acceptors (Lipinski definition) is 4. The summed E-state index contributed by atoms with van der Waals surface area (Å²) in [6.07, 6.45) is 3.36.